The number of aliphatic carboxylic acids is 1. The number of hydrogen-bond donors (Lipinski definition) is 1. The molecule has 0 bridgehead atoms. The van der Waals surface area contributed by atoms with Crippen molar-refractivity contribution in [3.05, 3.63) is 35.4 Å². The van der Waals surface area contributed by atoms with Crippen LogP contribution in [0.2, 0.25) is 0 Å². The Morgan fingerprint density at radius 3 is 2.04 bits per heavy atom. The van der Waals surface area contributed by atoms with E-state index < -0.39 is 28.6 Å². The Kier molecular flexibility index (Phi) is 4.61. The molecule has 1 heterocycles. The fourth-order valence-corrected chi connectivity index (χ4v) is 3.63. The van der Waals surface area contributed by atoms with Crippen molar-refractivity contribution in [2.24, 2.45) is 0 Å². The average molecular weight is 335 g/mol. The quantitative estimate of drug-likeness (QED) is 0.829. The lowest BCUT2D eigenvalue weighted by atomic mass is 10.0. The first-order chi connectivity index (χ1) is 10.7. The summed E-state index contributed by atoms with van der Waals surface area (Å²) in [6.45, 7) is 4.77. The zero-order chi connectivity index (χ0) is 17.4. The van der Waals surface area contributed by atoms with Crippen LogP contribution in [0.4, 0.5) is 0 Å². The topological polar surface area (TPSA) is 91.8 Å². The van der Waals surface area contributed by atoms with E-state index in [-0.39, 0.29) is 22.7 Å². The number of carboxylic acids is 1. The monoisotopic (exact) mass is 335 g/mol. The van der Waals surface area contributed by atoms with Gasteiger partial charge in [0, 0.05) is 11.2 Å². The highest BCUT2D eigenvalue weighted by Crippen LogP contribution is 2.36. The zero-order valence-corrected chi connectivity index (χ0v) is 13.8. The van der Waals surface area contributed by atoms with E-state index in [2.05, 4.69) is 0 Å². The highest BCUT2D eigenvalue weighted by Gasteiger charge is 2.50. The summed E-state index contributed by atoms with van der Waals surface area (Å²) in [6, 6.07) is 4.78. The van der Waals surface area contributed by atoms with E-state index in [1.54, 1.807) is 32.9 Å². The number of carbonyl (C=O) groups excluding carboxylic acids is 3. The maximum absolute atomic E-state index is 12.5. The van der Waals surface area contributed by atoms with Gasteiger partial charge in [0.2, 0.25) is 0 Å². The van der Waals surface area contributed by atoms with Gasteiger partial charge in [0.05, 0.1) is 11.1 Å². The Morgan fingerprint density at radius 1 is 1.17 bits per heavy atom. The summed E-state index contributed by atoms with van der Waals surface area (Å²) in [7, 11) is 0. The lowest BCUT2D eigenvalue weighted by Gasteiger charge is -2.35. The van der Waals surface area contributed by atoms with E-state index in [9.17, 15) is 24.3 Å². The third-order valence-electron chi connectivity index (χ3n) is 3.64. The lowest BCUT2D eigenvalue weighted by Crippen LogP contribution is -2.55. The molecule has 1 aliphatic rings. The van der Waals surface area contributed by atoms with Crippen LogP contribution in [0.1, 0.15) is 47.9 Å². The average Bonchev–Trinajstić information content (AvgIpc) is 2.72. The molecule has 0 saturated heterocycles. The number of imide groups is 1. The molecule has 1 N–H and O–H groups in total. The largest absolute Gasteiger partial charge is 0.480 e. The third-order valence-corrected chi connectivity index (χ3v) is 4.91. The molecule has 1 atom stereocenters. The Labute approximate surface area is 137 Å². The number of benzene rings is 1. The number of rotatable bonds is 5. The predicted molar refractivity (Wildman–Crippen MR) is 85.3 cm³/mol. The van der Waals surface area contributed by atoms with Gasteiger partial charge >= 0.3 is 5.97 Å². The van der Waals surface area contributed by atoms with Crippen molar-refractivity contribution in [3.8, 4) is 0 Å². The summed E-state index contributed by atoms with van der Waals surface area (Å²) in [5.74, 6) is -2.60. The second kappa shape index (κ2) is 6.16. The van der Waals surface area contributed by atoms with Crippen LogP contribution in [0.5, 0.6) is 0 Å². The maximum atomic E-state index is 12.5. The fraction of sp³-hybridized carbons (Fsp3) is 0.375. The number of fused-ring (bicyclic) bond motifs is 1. The SMILES string of the molecule is CCC(=O)SC(C)(C)[C@@H](C(=O)O)N1C(=O)c2ccccc2C1=O. The summed E-state index contributed by atoms with van der Waals surface area (Å²) in [4.78, 5) is 49.3. The molecular formula is C16H17NO5S. The molecule has 122 valence electrons. The molecule has 0 aromatic heterocycles. The summed E-state index contributed by atoms with van der Waals surface area (Å²) < 4.78 is -1.15. The van der Waals surface area contributed by atoms with E-state index in [4.69, 9.17) is 0 Å². The van der Waals surface area contributed by atoms with Gasteiger partial charge in [0.25, 0.3) is 11.8 Å². The van der Waals surface area contributed by atoms with Gasteiger partial charge < -0.3 is 5.11 Å². The van der Waals surface area contributed by atoms with Crippen molar-refractivity contribution >= 4 is 34.7 Å². The summed E-state index contributed by atoms with van der Waals surface area (Å²) in [5, 5.41) is 9.40. The molecule has 0 aliphatic carbocycles. The number of carbonyl (C=O) groups is 4. The normalized spacial score (nSPS) is 15.5. The third kappa shape index (κ3) is 3.01. The van der Waals surface area contributed by atoms with Gasteiger partial charge in [0.1, 0.15) is 0 Å². The van der Waals surface area contributed by atoms with Gasteiger partial charge in [0.15, 0.2) is 11.2 Å². The van der Waals surface area contributed by atoms with Gasteiger partial charge in [-0.1, -0.05) is 30.8 Å². The molecule has 6 nitrogen and oxygen atoms in total. The van der Waals surface area contributed by atoms with Crippen molar-refractivity contribution in [2.75, 3.05) is 0 Å². The minimum Gasteiger partial charge on any atom is -0.480 e. The Balaban J connectivity index is 2.44. The van der Waals surface area contributed by atoms with Crippen LogP contribution in [0, 0.1) is 0 Å². The number of thioether (sulfide) groups is 1. The number of amides is 2. The maximum Gasteiger partial charge on any atom is 0.328 e. The van der Waals surface area contributed by atoms with Crippen molar-refractivity contribution in [3.63, 3.8) is 0 Å². The van der Waals surface area contributed by atoms with Crippen LogP contribution in [-0.4, -0.2) is 43.7 Å². The number of hydrogen-bond acceptors (Lipinski definition) is 5. The molecule has 0 unspecified atom stereocenters. The Bertz CT molecular complexity index is 662. The Morgan fingerprint density at radius 2 is 1.65 bits per heavy atom. The molecule has 1 aromatic rings. The molecule has 23 heavy (non-hydrogen) atoms. The molecule has 7 heteroatoms. The summed E-state index contributed by atoms with van der Waals surface area (Å²) in [5.41, 5.74) is 0.373. The van der Waals surface area contributed by atoms with Crippen molar-refractivity contribution in [1.82, 2.24) is 4.90 Å². The molecule has 0 radical (unpaired) electrons. The zero-order valence-electron chi connectivity index (χ0n) is 13.0. The number of nitrogens with zero attached hydrogens (tertiary/aromatic N) is 1. The second-order valence-corrected chi connectivity index (χ2v) is 7.41. The summed E-state index contributed by atoms with van der Waals surface area (Å²) in [6.07, 6.45) is 0.239. The van der Waals surface area contributed by atoms with Gasteiger partial charge in [-0.15, -0.1) is 0 Å². The van der Waals surface area contributed by atoms with E-state index >= 15 is 0 Å². The molecule has 0 saturated carbocycles. The lowest BCUT2D eigenvalue weighted by molar-refractivity contribution is -0.142. The van der Waals surface area contributed by atoms with Crippen LogP contribution in [0.15, 0.2) is 24.3 Å². The molecule has 1 aliphatic heterocycles. The predicted octanol–water partition coefficient (Wildman–Crippen LogP) is 2.18. The first kappa shape index (κ1) is 17.2. The van der Waals surface area contributed by atoms with Gasteiger partial charge in [-0.3, -0.25) is 19.3 Å². The minimum absolute atomic E-state index is 0.186. The van der Waals surface area contributed by atoms with Crippen LogP contribution >= 0.6 is 11.8 Å². The first-order valence-corrected chi connectivity index (χ1v) is 7.94. The Hall–Kier alpha value is -2.15. The van der Waals surface area contributed by atoms with Crippen LogP contribution in [-0.2, 0) is 9.59 Å². The van der Waals surface area contributed by atoms with Crippen molar-refractivity contribution in [2.45, 2.75) is 38.0 Å². The fourth-order valence-electron chi connectivity index (χ4n) is 2.58. The number of carboxylic acid groups (broad SMARTS) is 1. The molecule has 2 rings (SSSR count). The smallest absolute Gasteiger partial charge is 0.328 e. The standard InChI is InChI=1S/C16H17NO5S/c1-4-11(18)23-16(2,3)12(15(21)22)17-13(19)9-7-5-6-8-10(9)14(17)20/h5-8,12H,4H2,1-3H3,(H,21,22)/t12-/m1/s1. The van der Waals surface area contributed by atoms with Crippen molar-refractivity contribution < 1.29 is 24.3 Å². The highest BCUT2D eigenvalue weighted by atomic mass is 32.2. The molecule has 2 amide bonds. The van der Waals surface area contributed by atoms with Gasteiger partial charge in [-0.05, 0) is 26.0 Å². The first-order valence-electron chi connectivity index (χ1n) is 7.12. The van der Waals surface area contributed by atoms with Crippen molar-refractivity contribution in [1.29, 1.82) is 0 Å². The summed E-state index contributed by atoms with van der Waals surface area (Å²) >= 11 is 0.842. The van der Waals surface area contributed by atoms with Crippen LogP contribution < -0.4 is 0 Å². The van der Waals surface area contributed by atoms with Gasteiger partial charge in [-0.2, -0.15) is 0 Å². The van der Waals surface area contributed by atoms with Crippen LogP contribution in [0.25, 0.3) is 0 Å². The van der Waals surface area contributed by atoms with Crippen LogP contribution in [0.3, 0.4) is 0 Å². The van der Waals surface area contributed by atoms with E-state index in [0.717, 1.165) is 16.7 Å². The molecule has 0 fully saturated rings. The molecular weight excluding hydrogens is 318 g/mol. The molecule has 1 aromatic carbocycles. The highest BCUT2D eigenvalue weighted by molar-refractivity contribution is 8.14. The van der Waals surface area contributed by atoms with E-state index in [0.29, 0.717) is 0 Å². The second-order valence-electron chi connectivity index (χ2n) is 5.70. The van der Waals surface area contributed by atoms with Gasteiger partial charge in [-0.25, -0.2) is 4.79 Å². The minimum atomic E-state index is -1.43. The molecule has 0 spiro atoms. The van der Waals surface area contributed by atoms with E-state index in [1.807, 2.05) is 0 Å². The van der Waals surface area contributed by atoms with E-state index in [1.165, 1.54) is 12.1 Å².